The highest BCUT2D eigenvalue weighted by atomic mass is 31.2. The third-order valence-electron chi connectivity index (χ3n) is 9.53. The maximum atomic E-state index is 12.6. The van der Waals surface area contributed by atoms with E-state index in [2.05, 4.69) is 50.3 Å². The molecular formula is C45H84NO8P. The lowest BCUT2D eigenvalue weighted by molar-refractivity contribution is -0.161. The molecule has 2 atom stereocenters. The van der Waals surface area contributed by atoms with E-state index in [-0.39, 0.29) is 38.6 Å². The smallest absolute Gasteiger partial charge is 0.462 e. The molecule has 1 unspecified atom stereocenters. The molecule has 0 aliphatic rings. The summed E-state index contributed by atoms with van der Waals surface area (Å²) in [6.45, 7) is 3.68. The van der Waals surface area contributed by atoms with E-state index < -0.39 is 26.5 Å². The van der Waals surface area contributed by atoms with E-state index in [1.165, 1.54) is 122 Å². The molecule has 0 amide bonds. The molecule has 0 spiro atoms. The fourth-order valence-corrected chi connectivity index (χ4v) is 6.94. The highest BCUT2D eigenvalue weighted by molar-refractivity contribution is 7.47. The van der Waals surface area contributed by atoms with Crippen molar-refractivity contribution in [3.63, 3.8) is 0 Å². The first-order chi connectivity index (χ1) is 26.8. The van der Waals surface area contributed by atoms with Gasteiger partial charge < -0.3 is 20.1 Å². The molecule has 0 aromatic heterocycles. The average molecular weight is 798 g/mol. The zero-order valence-corrected chi connectivity index (χ0v) is 36.3. The Morgan fingerprint density at radius 3 is 1.44 bits per heavy atom. The molecule has 322 valence electrons. The van der Waals surface area contributed by atoms with E-state index in [1.54, 1.807) is 0 Å². The van der Waals surface area contributed by atoms with Crippen LogP contribution < -0.4 is 5.73 Å². The normalized spacial score (nSPS) is 13.6. The number of hydrogen-bond donors (Lipinski definition) is 2. The van der Waals surface area contributed by atoms with E-state index in [0.29, 0.717) is 6.42 Å². The zero-order chi connectivity index (χ0) is 40.3. The number of hydrogen-bond acceptors (Lipinski definition) is 8. The number of allylic oxidation sites excluding steroid dienone is 6. The van der Waals surface area contributed by atoms with Crippen LogP contribution in [0.3, 0.4) is 0 Å². The number of ether oxygens (including phenoxy) is 2. The highest BCUT2D eigenvalue weighted by Gasteiger charge is 2.26. The van der Waals surface area contributed by atoms with Crippen molar-refractivity contribution >= 4 is 19.8 Å². The Labute approximate surface area is 337 Å². The average Bonchev–Trinajstić information content (AvgIpc) is 3.17. The van der Waals surface area contributed by atoms with Crippen molar-refractivity contribution in [2.24, 2.45) is 5.73 Å². The van der Waals surface area contributed by atoms with Crippen LogP contribution >= 0.6 is 7.82 Å². The molecule has 0 bridgehead atoms. The van der Waals surface area contributed by atoms with Gasteiger partial charge in [0.2, 0.25) is 0 Å². The largest absolute Gasteiger partial charge is 0.472 e. The molecule has 0 fully saturated rings. The molecule has 0 radical (unpaired) electrons. The fraction of sp³-hybridized carbons (Fsp3) is 0.822. The van der Waals surface area contributed by atoms with Gasteiger partial charge in [-0.25, -0.2) is 4.57 Å². The maximum Gasteiger partial charge on any atom is 0.472 e. The zero-order valence-electron chi connectivity index (χ0n) is 35.4. The van der Waals surface area contributed by atoms with Crippen LogP contribution in [0.2, 0.25) is 0 Å². The van der Waals surface area contributed by atoms with E-state index >= 15 is 0 Å². The Kier molecular flexibility index (Phi) is 40.5. The molecule has 55 heavy (non-hydrogen) atoms. The number of phosphoric acid groups is 1. The molecule has 0 saturated heterocycles. The summed E-state index contributed by atoms with van der Waals surface area (Å²) in [6.07, 6.45) is 46.1. The molecule has 0 heterocycles. The topological polar surface area (TPSA) is 134 Å². The van der Waals surface area contributed by atoms with Crippen LogP contribution in [0.15, 0.2) is 36.5 Å². The first-order valence-corrected chi connectivity index (χ1v) is 24.0. The number of nitrogens with two attached hydrogens (primary N) is 1. The van der Waals surface area contributed by atoms with E-state index in [1.807, 2.05) is 0 Å². The van der Waals surface area contributed by atoms with Gasteiger partial charge in [0.25, 0.3) is 0 Å². The number of unbranched alkanes of at least 4 members (excludes halogenated alkanes) is 23. The van der Waals surface area contributed by atoms with Gasteiger partial charge in [-0.3, -0.25) is 18.6 Å². The third-order valence-corrected chi connectivity index (χ3v) is 10.5. The summed E-state index contributed by atoms with van der Waals surface area (Å²) in [5.41, 5.74) is 5.35. The van der Waals surface area contributed by atoms with E-state index in [4.69, 9.17) is 24.3 Å². The molecular weight excluding hydrogens is 713 g/mol. The van der Waals surface area contributed by atoms with Gasteiger partial charge in [0.15, 0.2) is 6.10 Å². The van der Waals surface area contributed by atoms with Gasteiger partial charge in [-0.15, -0.1) is 0 Å². The predicted octanol–water partition coefficient (Wildman–Crippen LogP) is 12.9. The fourth-order valence-electron chi connectivity index (χ4n) is 6.17. The molecule has 9 nitrogen and oxygen atoms in total. The summed E-state index contributed by atoms with van der Waals surface area (Å²) in [7, 11) is -4.38. The number of rotatable bonds is 42. The Bertz CT molecular complexity index is 1000. The van der Waals surface area contributed by atoms with Gasteiger partial charge >= 0.3 is 19.8 Å². The molecule has 10 heteroatoms. The minimum Gasteiger partial charge on any atom is -0.462 e. The van der Waals surface area contributed by atoms with Crippen LogP contribution in [-0.2, 0) is 32.7 Å². The van der Waals surface area contributed by atoms with Crippen LogP contribution in [0, 0.1) is 0 Å². The SMILES string of the molecule is CCCCC/C=C\C/C=C\C/C=C\CCCCC(=O)O[C@H](COC(=O)CCCCCCCCCCCCCCCCCCCCC)COP(=O)(O)OCCN. The van der Waals surface area contributed by atoms with Crippen LogP contribution in [0.25, 0.3) is 0 Å². The lowest BCUT2D eigenvalue weighted by atomic mass is 10.0. The summed E-state index contributed by atoms with van der Waals surface area (Å²) in [5.74, 6) is -0.867. The Hall–Kier alpha value is -1.77. The summed E-state index contributed by atoms with van der Waals surface area (Å²) >= 11 is 0. The summed E-state index contributed by atoms with van der Waals surface area (Å²) in [5, 5.41) is 0. The standard InChI is InChI=1S/C45H84NO8P/c1-3-5-7-9-11-13-15-17-19-20-21-22-24-25-27-29-31-33-35-37-44(47)51-41-43(42-53-55(49,50)52-40-39-46)54-45(48)38-36-34-32-30-28-26-23-18-16-14-12-10-8-6-4-2/h12,14,18,23,28,30,43H,3-11,13,15-17,19-22,24-27,29,31-42,46H2,1-2H3,(H,49,50)/b14-12-,23-18-,30-28-/t43-/m1/s1. The van der Waals surface area contributed by atoms with Gasteiger partial charge in [-0.2, -0.15) is 0 Å². The molecule has 3 N–H and O–H groups in total. The van der Waals surface area contributed by atoms with Crippen LogP contribution in [-0.4, -0.2) is 49.3 Å². The second-order valence-electron chi connectivity index (χ2n) is 14.9. The number of carbonyl (C=O) groups excluding carboxylic acids is 2. The van der Waals surface area contributed by atoms with Crippen molar-refractivity contribution in [2.45, 2.75) is 213 Å². The Balaban J connectivity index is 4.14. The summed E-state index contributed by atoms with van der Waals surface area (Å²) in [6, 6.07) is 0. The number of phosphoric ester groups is 1. The van der Waals surface area contributed by atoms with Crippen molar-refractivity contribution in [2.75, 3.05) is 26.4 Å². The van der Waals surface area contributed by atoms with E-state index in [0.717, 1.165) is 51.4 Å². The van der Waals surface area contributed by atoms with Gasteiger partial charge in [-0.05, 0) is 51.4 Å². The second-order valence-corrected chi connectivity index (χ2v) is 16.4. The highest BCUT2D eigenvalue weighted by Crippen LogP contribution is 2.43. The van der Waals surface area contributed by atoms with Crippen LogP contribution in [0.5, 0.6) is 0 Å². The van der Waals surface area contributed by atoms with Crippen molar-refractivity contribution in [1.82, 2.24) is 0 Å². The van der Waals surface area contributed by atoms with Crippen molar-refractivity contribution in [1.29, 1.82) is 0 Å². The molecule has 0 rings (SSSR count). The van der Waals surface area contributed by atoms with Crippen molar-refractivity contribution in [3.05, 3.63) is 36.5 Å². The first-order valence-electron chi connectivity index (χ1n) is 22.5. The van der Waals surface area contributed by atoms with Crippen molar-refractivity contribution < 1.29 is 37.6 Å². The summed E-state index contributed by atoms with van der Waals surface area (Å²) in [4.78, 5) is 34.9. The molecule has 0 aromatic carbocycles. The lowest BCUT2D eigenvalue weighted by Gasteiger charge is -2.19. The van der Waals surface area contributed by atoms with Gasteiger partial charge in [0.1, 0.15) is 6.61 Å². The quantitative estimate of drug-likeness (QED) is 0.0268. The third kappa shape index (κ3) is 41.7. The van der Waals surface area contributed by atoms with Crippen LogP contribution in [0.4, 0.5) is 0 Å². The Morgan fingerprint density at radius 2 is 0.945 bits per heavy atom. The van der Waals surface area contributed by atoms with Gasteiger partial charge in [0.05, 0.1) is 13.2 Å². The molecule has 0 aliphatic carbocycles. The second kappa shape index (κ2) is 41.9. The maximum absolute atomic E-state index is 12.6. The minimum absolute atomic E-state index is 0.0478. The van der Waals surface area contributed by atoms with Crippen LogP contribution in [0.1, 0.15) is 206 Å². The number of carbonyl (C=O) groups is 2. The van der Waals surface area contributed by atoms with E-state index in [9.17, 15) is 19.0 Å². The monoisotopic (exact) mass is 798 g/mol. The number of esters is 2. The Morgan fingerprint density at radius 1 is 0.545 bits per heavy atom. The molecule has 0 aromatic rings. The van der Waals surface area contributed by atoms with Gasteiger partial charge in [-0.1, -0.05) is 179 Å². The molecule has 0 aliphatic heterocycles. The minimum atomic E-state index is -4.38. The van der Waals surface area contributed by atoms with Crippen molar-refractivity contribution in [3.8, 4) is 0 Å². The predicted molar refractivity (Wildman–Crippen MR) is 229 cm³/mol. The first kappa shape index (κ1) is 53.2. The van der Waals surface area contributed by atoms with Gasteiger partial charge in [0, 0.05) is 19.4 Å². The lowest BCUT2D eigenvalue weighted by Crippen LogP contribution is -2.29. The molecule has 0 saturated carbocycles. The summed E-state index contributed by atoms with van der Waals surface area (Å²) < 4.78 is 32.8.